The first-order chi connectivity index (χ1) is 6.78. The molecule has 0 saturated carbocycles. The maximum absolute atomic E-state index is 5.62. The molecule has 0 amide bonds. The molecular formula is C8H9ClN4O. The number of aromatic nitrogens is 4. The average Bonchev–Trinajstić information content (AvgIpc) is 2.76. The van der Waals surface area contributed by atoms with Gasteiger partial charge < -0.3 is 9.09 Å². The Kier molecular flexibility index (Phi) is 2.49. The molecular weight excluding hydrogens is 204 g/mol. The SMILES string of the molecule is Cc1noc(Cn2cnc(CCl)c2)n1. The normalized spacial score (nSPS) is 10.7. The fourth-order valence-corrected chi connectivity index (χ4v) is 1.26. The van der Waals surface area contributed by atoms with Crippen molar-refractivity contribution in [1.82, 2.24) is 19.7 Å². The standard InChI is InChI=1S/C8H9ClN4O/c1-6-11-8(14-12-6)4-13-3-7(2-9)10-5-13/h3,5H,2,4H2,1H3. The minimum Gasteiger partial charge on any atom is -0.337 e. The fourth-order valence-electron chi connectivity index (χ4n) is 1.12. The summed E-state index contributed by atoms with van der Waals surface area (Å²) in [6, 6.07) is 0. The van der Waals surface area contributed by atoms with Crippen molar-refractivity contribution in [3.05, 3.63) is 29.9 Å². The van der Waals surface area contributed by atoms with E-state index in [-0.39, 0.29) is 0 Å². The van der Waals surface area contributed by atoms with E-state index in [9.17, 15) is 0 Å². The molecule has 2 rings (SSSR count). The Morgan fingerprint density at radius 1 is 1.57 bits per heavy atom. The first-order valence-electron chi connectivity index (χ1n) is 4.13. The monoisotopic (exact) mass is 212 g/mol. The molecule has 2 aromatic heterocycles. The van der Waals surface area contributed by atoms with E-state index in [1.165, 1.54) is 0 Å². The van der Waals surface area contributed by atoms with Gasteiger partial charge in [-0.1, -0.05) is 5.16 Å². The van der Waals surface area contributed by atoms with Crippen LogP contribution in [0.2, 0.25) is 0 Å². The average molecular weight is 213 g/mol. The topological polar surface area (TPSA) is 56.7 Å². The summed E-state index contributed by atoms with van der Waals surface area (Å²) in [4.78, 5) is 8.16. The molecule has 0 radical (unpaired) electrons. The Labute approximate surface area is 85.7 Å². The van der Waals surface area contributed by atoms with Gasteiger partial charge in [-0.3, -0.25) is 0 Å². The Bertz CT molecular complexity index is 422. The zero-order valence-electron chi connectivity index (χ0n) is 7.64. The van der Waals surface area contributed by atoms with Gasteiger partial charge in [0.25, 0.3) is 0 Å². The van der Waals surface area contributed by atoms with E-state index in [1.54, 1.807) is 13.3 Å². The van der Waals surface area contributed by atoms with E-state index in [0.717, 1.165) is 5.69 Å². The Morgan fingerprint density at radius 3 is 3.00 bits per heavy atom. The Hall–Kier alpha value is -1.36. The molecule has 0 aliphatic carbocycles. The summed E-state index contributed by atoms with van der Waals surface area (Å²) in [5.41, 5.74) is 0.836. The van der Waals surface area contributed by atoms with Crippen molar-refractivity contribution in [3.63, 3.8) is 0 Å². The van der Waals surface area contributed by atoms with Crippen molar-refractivity contribution in [3.8, 4) is 0 Å². The van der Waals surface area contributed by atoms with Crippen LogP contribution < -0.4 is 0 Å². The predicted molar refractivity (Wildman–Crippen MR) is 49.9 cm³/mol. The lowest BCUT2D eigenvalue weighted by atomic mass is 10.5. The van der Waals surface area contributed by atoms with E-state index in [4.69, 9.17) is 16.1 Å². The number of rotatable bonds is 3. The van der Waals surface area contributed by atoms with E-state index < -0.39 is 0 Å². The smallest absolute Gasteiger partial charge is 0.246 e. The predicted octanol–water partition coefficient (Wildman–Crippen LogP) is 1.36. The van der Waals surface area contributed by atoms with Crippen LogP contribution in [0.5, 0.6) is 0 Å². The molecule has 0 aromatic carbocycles. The molecule has 14 heavy (non-hydrogen) atoms. The summed E-state index contributed by atoms with van der Waals surface area (Å²) in [6.07, 6.45) is 3.55. The Morgan fingerprint density at radius 2 is 2.43 bits per heavy atom. The van der Waals surface area contributed by atoms with Gasteiger partial charge >= 0.3 is 0 Å². The minimum absolute atomic E-state index is 0.413. The molecule has 0 unspecified atom stereocenters. The van der Waals surface area contributed by atoms with Crippen molar-refractivity contribution in [2.75, 3.05) is 0 Å². The van der Waals surface area contributed by atoms with E-state index in [2.05, 4.69) is 15.1 Å². The third-order valence-corrected chi connectivity index (χ3v) is 1.98. The molecule has 0 atom stereocenters. The van der Waals surface area contributed by atoms with Crippen molar-refractivity contribution in [2.45, 2.75) is 19.3 Å². The molecule has 0 spiro atoms. The fraction of sp³-hybridized carbons (Fsp3) is 0.375. The van der Waals surface area contributed by atoms with Gasteiger partial charge in [0, 0.05) is 6.20 Å². The van der Waals surface area contributed by atoms with Gasteiger partial charge in [0.2, 0.25) is 5.89 Å². The maximum atomic E-state index is 5.62. The highest BCUT2D eigenvalue weighted by Crippen LogP contribution is 2.03. The van der Waals surface area contributed by atoms with Crippen LogP contribution in [-0.4, -0.2) is 19.7 Å². The number of halogens is 1. The van der Waals surface area contributed by atoms with Crippen LogP contribution in [0.15, 0.2) is 17.0 Å². The summed E-state index contributed by atoms with van der Waals surface area (Å²) in [6.45, 7) is 2.32. The van der Waals surface area contributed by atoms with Crippen LogP contribution in [0.3, 0.4) is 0 Å². The third kappa shape index (κ3) is 1.93. The van der Waals surface area contributed by atoms with Crippen LogP contribution in [0.25, 0.3) is 0 Å². The molecule has 0 aliphatic heterocycles. The highest BCUT2D eigenvalue weighted by Gasteiger charge is 2.04. The van der Waals surface area contributed by atoms with E-state index in [0.29, 0.717) is 24.1 Å². The molecule has 5 nitrogen and oxygen atoms in total. The Balaban J connectivity index is 2.10. The third-order valence-electron chi connectivity index (χ3n) is 1.71. The number of aryl methyl sites for hydroxylation is 1. The number of alkyl halides is 1. The highest BCUT2D eigenvalue weighted by atomic mass is 35.5. The van der Waals surface area contributed by atoms with Gasteiger partial charge in [-0.2, -0.15) is 4.98 Å². The van der Waals surface area contributed by atoms with E-state index in [1.807, 2.05) is 10.8 Å². The molecule has 0 bridgehead atoms. The zero-order valence-corrected chi connectivity index (χ0v) is 8.40. The second-order valence-corrected chi connectivity index (χ2v) is 3.17. The van der Waals surface area contributed by atoms with E-state index >= 15 is 0 Å². The number of nitrogens with zero attached hydrogens (tertiary/aromatic N) is 4. The summed E-state index contributed by atoms with van der Waals surface area (Å²) in [5.74, 6) is 1.62. The van der Waals surface area contributed by atoms with Crippen molar-refractivity contribution < 1.29 is 4.52 Å². The lowest BCUT2D eigenvalue weighted by molar-refractivity contribution is 0.367. The second kappa shape index (κ2) is 3.79. The van der Waals surface area contributed by atoms with Crippen LogP contribution in [-0.2, 0) is 12.4 Å². The minimum atomic E-state index is 0.413. The molecule has 0 aliphatic rings. The zero-order chi connectivity index (χ0) is 9.97. The molecule has 6 heteroatoms. The lowest BCUT2D eigenvalue weighted by Gasteiger charge is -1.93. The van der Waals surface area contributed by atoms with Crippen LogP contribution in [0, 0.1) is 6.92 Å². The molecule has 2 aromatic rings. The van der Waals surface area contributed by atoms with Crippen molar-refractivity contribution >= 4 is 11.6 Å². The van der Waals surface area contributed by atoms with Gasteiger partial charge in [-0.05, 0) is 6.92 Å². The van der Waals surface area contributed by atoms with Gasteiger partial charge in [0.05, 0.1) is 17.9 Å². The largest absolute Gasteiger partial charge is 0.337 e. The number of hydrogen-bond acceptors (Lipinski definition) is 4. The molecule has 0 fully saturated rings. The van der Waals surface area contributed by atoms with Crippen molar-refractivity contribution in [1.29, 1.82) is 0 Å². The number of hydrogen-bond donors (Lipinski definition) is 0. The number of imidazole rings is 1. The van der Waals surface area contributed by atoms with Crippen LogP contribution in [0.4, 0.5) is 0 Å². The van der Waals surface area contributed by atoms with Gasteiger partial charge in [-0.15, -0.1) is 11.6 Å². The van der Waals surface area contributed by atoms with Gasteiger partial charge in [0.15, 0.2) is 5.82 Å². The highest BCUT2D eigenvalue weighted by molar-refractivity contribution is 6.16. The van der Waals surface area contributed by atoms with Crippen LogP contribution >= 0.6 is 11.6 Å². The summed E-state index contributed by atoms with van der Waals surface area (Å²) in [7, 11) is 0. The molecule has 2 heterocycles. The molecule has 0 N–H and O–H groups in total. The first kappa shape index (κ1) is 9.21. The summed E-state index contributed by atoms with van der Waals surface area (Å²) in [5, 5.41) is 3.69. The summed E-state index contributed by atoms with van der Waals surface area (Å²) >= 11 is 5.62. The van der Waals surface area contributed by atoms with Crippen molar-refractivity contribution in [2.24, 2.45) is 0 Å². The first-order valence-corrected chi connectivity index (χ1v) is 4.67. The van der Waals surface area contributed by atoms with Gasteiger partial charge in [-0.25, -0.2) is 4.98 Å². The second-order valence-electron chi connectivity index (χ2n) is 2.91. The summed E-state index contributed by atoms with van der Waals surface area (Å²) < 4.78 is 6.82. The van der Waals surface area contributed by atoms with Gasteiger partial charge in [0.1, 0.15) is 6.54 Å². The lowest BCUT2D eigenvalue weighted by Crippen LogP contribution is -1.96. The van der Waals surface area contributed by atoms with Crippen LogP contribution in [0.1, 0.15) is 17.4 Å². The maximum Gasteiger partial charge on any atom is 0.246 e. The molecule has 0 saturated heterocycles. The molecule has 74 valence electrons. The quantitative estimate of drug-likeness (QED) is 0.721.